The number of amides is 1. The number of hydrogen-bond acceptors (Lipinski definition) is 2. The van der Waals surface area contributed by atoms with Gasteiger partial charge < -0.3 is 10.6 Å². The van der Waals surface area contributed by atoms with Gasteiger partial charge in [0.2, 0.25) is 5.91 Å². The van der Waals surface area contributed by atoms with Crippen molar-refractivity contribution in [1.82, 2.24) is 5.32 Å². The fraction of sp³-hybridized carbons (Fsp3) is 0.462. The Kier molecular flexibility index (Phi) is 4.49. The van der Waals surface area contributed by atoms with E-state index < -0.39 is 0 Å². The molecular weight excluding hydrogens is 271 g/mol. The van der Waals surface area contributed by atoms with Crippen molar-refractivity contribution < 1.29 is 4.79 Å². The molecule has 0 spiro atoms. The molecule has 2 rings (SSSR count). The van der Waals surface area contributed by atoms with Gasteiger partial charge in [-0.15, -0.1) is 0 Å². The van der Waals surface area contributed by atoms with Gasteiger partial charge >= 0.3 is 0 Å². The van der Waals surface area contributed by atoms with Gasteiger partial charge in [-0.2, -0.15) is 0 Å². The SMILES string of the molecule is Cc1cc(Cl)c(NC(=O)[C@H]2CCCCN2)cc1Cl. The van der Waals surface area contributed by atoms with E-state index in [1.807, 2.05) is 6.92 Å². The molecule has 1 aliphatic heterocycles. The lowest BCUT2D eigenvalue weighted by molar-refractivity contribution is -0.118. The lowest BCUT2D eigenvalue weighted by Gasteiger charge is -2.22. The molecule has 1 heterocycles. The number of anilines is 1. The van der Waals surface area contributed by atoms with E-state index in [0.29, 0.717) is 15.7 Å². The molecule has 1 fully saturated rings. The monoisotopic (exact) mass is 286 g/mol. The topological polar surface area (TPSA) is 41.1 Å². The molecule has 1 aromatic rings. The van der Waals surface area contributed by atoms with Gasteiger partial charge in [0.25, 0.3) is 0 Å². The number of carbonyl (C=O) groups excluding carboxylic acids is 1. The van der Waals surface area contributed by atoms with Crippen LogP contribution in [0.3, 0.4) is 0 Å². The van der Waals surface area contributed by atoms with Crippen molar-refractivity contribution in [2.75, 3.05) is 11.9 Å². The summed E-state index contributed by atoms with van der Waals surface area (Å²) in [6, 6.07) is 3.32. The molecule has 1 atom stereocenters. The van der Waals surface area contributed by atoms with Crippen LogP contribution in [0.4, 0.5) is 5.69 Å². The van der Waals surface area contributed by atoms with Crippen molar-refractivity contribution >= 4 is 34.8 Å². The Morgan fingerprint density at radius 3 is 2.78 bits per heavy atom. The first-order valence-electron chi connectivity index (χ1n) is 6.08. The predicted molar refractivity (Wildman–Crippen MR) is 75.5 cm³/mol. The Bertz CT molecular complexity index is 457. The lowest BCUT2D eigenvalue weighted by atomic mass is 10.0. The van der Waals surface area contributed by atoms with Crippen LogP contribution in [0.1, 0.15) is 24.8 Å². The average molecular weight is 287 g/mol. The summed E-state index contributed by atoms with van der Waals surface area (Å²) < 4.78 is 0. The average Bonchev–Trinajstić information content (AvgIpc) is 2.37. The highest BCUT2D eigenvalue weighted by Crippen LogP contribution is 2.29. The van der Waals surface area contributed by atoms with Crippen molar-refractivity contribution in [3.8, 4) is 0 Å². The van der Waals surface area contributed by atoms with Gasteiger partial charge in [-0.25, -0.2) is 0 Å². The van der Waals surface area contributed by atoms with Crippen LogP contribution in [0.15, 0.2) is 12.1 Å². The van der Waals surface area contributed by atoms with Crippen molar-refractivity contribution in [1.29, 1.82) is 0 Å². The van der Waals surface area contributed by atoms with E-state index in [1.54, 1.807) is 12.1 Å². The van der Waals surface area contributed by atoms with E-state index in [1.165, 1.54) is 0 Å². The summed E-state index contributed by atoms with van der Waals surface area (Å²) in [7, 11) is 0. The summed E-state index contributed by atoms with van der Waals surface area (Å²) in [5.74, 6) is -0.0449. The molecular formula is C13H16Cl2N2O. The third kappa shape index (κ3) is 3.16. The molecule has 3 nitrogen and oxygen atoms in total. The Hall–Kier alpha value is -0.770. The van der Waals surface area contributed by atoms with Crippen LogP contribution in [-0.4, -0.2) is 18.5 Å². The zero-order chi connectivity index (χ0) is 13.1. The van der Waals surface area contributed by atoms with Crippen LogP contribution < -0.4 is 10.6 Å². The minimum Gasteiger partial charge on any atom is -0.323 e. The Labute approximate surface area is 117 Å². The van der Waals surface area contributed by atoms with E-state index in [4.69, 9.17) is 23.2 Å². The van der Waals surface area contributed by atoms with Gasteiger partial charge in [0.15, 0.2) is 0 Å². The highest BCUT2D eigenvalue weighted by atomic mass is 35.5. The molecule has 1 saturated heterocycles. The molecule has 5 heteroatoms. The van der Waals surface area contributed by atoms with E-state index >= 15 is 0 Å². The Balaban J connectivity index is 2.08. The number of hydrogen-bond donors (Lipinski definition) is 2. The van der Waals surface area contributed by atoms with Gasteiger partial charge in [-0.05, 0) is 44.0 Å². The van der Waals surface area contributed by atoms with E-state index in [0.717, 1.165) is 31.4 Å². The van der Waals surface area contributed by atoms with E-state index in [9.17, 15) is 4.79 Å². The van der Waals surface area contributed by atoms with Crippen molar-refractivity contribution in [2.45, 2.75) is 32.2 Å². The van der Waals surface area contributed by atoms with Crippen LogP contribution in [-0.2, 0) is 4.79 Å². The fourth-order valence-corrected chi connectivity index (χ4v) is 2.47. The number of piperidine rings is 1. The third-order valence-corrected chi connectivity index (χ3v) is 3.85. The molecule has 1 aromatic carbocycles. The standard InChI is InChI=1S/C13H16Cl2N2O/c1-8-6-10(15)12(7-9(8)14)17-13(18)11-4-2-3-5-16-11/h6-7,11,16H,2-5H2,1H3,(H,17,18)/t11-/m1/s1. The van der Waals surface area contributed by atoms with Crippen LogP contribution >= 0.6 is 23.2 Å². The zero-order valence-corrected chi connectivity index (χ0v) is 11.7. The van der Waals surface area contributed by atoms with E-state index in [2.05, 4.69) is 10.6 Å². The first kappa shape index (κ1) is 13.7. The minimum atomic E-state index is -0.130. The molecule has 1 amide bonds. The summed E-state index contributed by atoms with van der Waals surface area (Å²) in [4.78, 5) is 12.0. The molecule has 0 aliphatic carbocycles. The van der Waals surface area contributed by atoms with E-state index in [-0.39, 0.29) is 11.9 Å². The Morgan fingerprint density at radius 1 is 1.33 bits per heavy atom. The first-order valence-corrected chi connectivity index (χ1v) is 6.83. The number of halogens is 2. The highest BCUT2D eigenvalue weighted by Gasteiger charge is 2.21. The van der Waals surface area contributed by atoms with Crippen molar-refractivity contribution in [3.63, 3.8) is 0 Å². The lowest BCUT2D eigenvalue weighted by Crippen LogP contribution is -2.43. The molecule has 1 aliphatic rings. The quantitative estimate of drug-likeness (QED) is 0.875. The molecule has 98 valence electrons. The smallest absolute Gasteiger partial charge is 0.241 e. The van der Waals surface area contributed by atoms with Crippen LogP contribution in [0.25, 0.3) is 0 Å². The largest absolute Gasteiger partial charge is 0.323 e. The number of benzene rings is 1. The van der Waals surface area contributed by atoms with Gasteiger partial charge in [0.1, 0.15) is 0 Å². The highest BCUT2D eigenvalue weighted by molar-refractivity contribution is 6.36. The summed E-state index contributed by atoms with van der Waals surface area (Å²) in [6.45, 7) is 2.77. The summed E-state index contributed by atoms with van der Waals surface area (Å²) in [5.41, 5.74) is 1.47. The maximum Gasteiger partial charge on any atom is 0.241 e. The number of aryl methyl sites for hydroxylation is 1. The van der Waals surface area contributed by atoms with Gasteiger partial charge in [0, 0.05) is 5.02 Å². The fourth-order valence-electron chi connectivity index (χ4n) is 2.04. The number of carbonyl (C=O) groups is 1. The molecule has 0 aromatic heterocycles. The predicted octanol–water partition coefficient (Wildman–Crippen LogP) is 3.38. The molecule has 0 unspecified atom stereocenters. The molecule has 0 saturated carbocycles. The molecule has 2 N–H and O–H groups in total. The maximum absolute atomic E-state index is 12.0. The summed E-state index contributed by atoms with van der Waals surface area (Å²) >= 11 is 12.1. The number of nitrogens with one attached hydrogen (secondary N) is 2. The summed E-state index contributed by atoms with van der Waals surface area (Å²) in [6.07, 6.45) is 3.07. The van der Waals surface area contributed by atoms with Gasteiger partial charge in [-0.3, -0.25) is 4.79 Å². The maximum atomic E-state index is 12.0. The van der Waals surface area contributed by atoms with Crippen LogP contribution in [0.2, 0.25) is 10.0 Å². The molecule has 0 bridgehead atoms. The molecule has 0 radical (unpaired) electrons. The second-order valence-electron chi connectivity index (χ2n) is 4.57. The normalized spacial score (nSPS) is 19.6. The minimum absolute atomic E-state index is 0.0449. The Morgan fingerprint density at radius 2 is 2.11 bits per heavy atom. The second-order valence-corrected chi connectivity index (χ2v) is 5.39. The van der Waals surface area contributed by atoms with Crippen LogP contribution in [0, 0.1) is 6.92 Å². The molecule has 18 heavy (non-hydrogen) atoms. The van der Waals surface area contributed by atoms with Crippen molar-refractivity contribution in [2.24, 2.45) is 0 Å². The first-order chi connectivity index (χ1) is 8.58. The second kappa shape index (κ2) is 5.91. The number of rotatable bonds is 2. The van der Waals surface area contributed by atoms with Crippen molar-refractivity contribution in [3.05, 3.63) is 27.7 Å². The van der Waals surface area contributed by atoms with Gasteiger partial charge in [-0.1, -0.05) is 29.6 Å². The van der Waals surface area contributed by atoms with Crippen LogP contribution in [0.5, 0.6) is 0 Å². The van der Waals surface area contributed by atoms with Gasteiger partial charge in [0.05, 0.1) is 16.8 Å². The third-order valence-electron chi connectivity index (χ3n) is 3.13. The zero-order valence-electron chi connectivity index (χ0n) is 10.2. The summed E-state index contributed by atoms with van der Waals surface area (Å²) in [5, 5.41) is 7.14.